The van der Waals surface area contributed by atoms with Crippen LogP contribution in [0.5, 0.6) is 0 Å². The highest BCUT2D eigenvalue weighted by Crippen LogP contribution is 2.40. The van der Waals surface area contributed by atoms with Crippen LogP contribution in [0.3, 0.4) is 0 Å². The summed E-state index contributed by atoms with van der Waals surface area (Å²) in [6.45, 7) is 4.70. The van der Waals surface area contributed by atoms with Crippen LogP contribution in [0.1, 0.15) is 123 Å². The fourth-order valence-corrected chi connectivity index (χ4v) is 9.60. The van der Waals surface area contributed by atoms with E-state index in [2.05, 4.69) is 131 Å². The van der Waals surface area contributed by atoms with Gasteiger partial charge in [-0.1, -0.05) is 119 Å². The summed E-state index contributed by atoms with van der Waals surface area (Å²) in [5.74, 6) is 3.37. The largest absolute Gasteiger partial charge is 0.0895 e. The number of hydrogen-bond acceptors (Lipinski definition) is 1. The normalized spacial score (nSPS) is 22.0. The summed E-state index contributed by atoms with van der Waals surface area (Å²) < 4.78 is 2.29. The van der Waals surface area contributed by atoms with Gasteiger partial charge in [0.1, 0.15) is 0 Å². The Labute approximate surface area is 293 Å². The third-order valence-electron chi connectivity index (χ3n) is 10.8. The Bertz CT molecular complexity index is 1410. The average molecular weight is 745 g/mol. The first kappa shape index (κ1) is 33.1. The molecule has 0 bridgehead atoms. The zero-order valence-corrected chi connectivity index (χ0v) is 31.0. The smallest absolute Gasteiger partial charge is 0.0178 e. The Morgan fingerprint density at radius 3 is 1.24 bits per heavy atom. The SMILES string of the molecule is CC[C@H]1CC[C@H](c2ccc(Cc3cc(Br)ccc3Sc3ccc(Br)cc3Cc3ccc([C@H]4CC[C@H](CC)CC4)cc3)cc2)CC1. The molecule has 0 nitrogen and oxygen atoms in total. The molecule has 2 fully saturated rings. The van der Waals surface area contributed by atoms with Gasteiger partial charge in [0.25, 0.3) is 0 Å². The van der Waals surface area contributed by atoms with Crippen molar-refractivity contribution in [3.8, 4) is 0 Å². The highest BCUT2D eigenvalue weighted by molar-refractivity contribution is 9.10. The molecule has 2 aliphatic carbocycles. The molecule has 4 aromatic carbocycles. The standard InChI is InChI=1S/C42H48Br2S/c1-3-29-5-13-33(14-6-29)35-17-9-31(10-18-35)25-37-27-39(43)21-23-41(37)45-42-24-22-40(44)28-38(42)26-32-11-19-36(20-12-32)34-15-7-30(4-2)8-16-34/h9-12,17-24,27-30,33-34H,3-8,13-16,25-26H2,1-2H3/t29-,30-,33-,34-. The summed E-state index contributed by atoms with van der Waals surface area (Å²) in [5.41, 5.74) is 8.60. The van der Waals surface area contributed by atoms with Gasteiger partial charge in [-0.05, 0) is 158 Å². The fraction of sp³-hybridized carbons (Fsp3) is 0.429. The molecule has 236 valence electrons. The number of benzene rings is 4. The van der Waals surface area contributed by atoms with Gasteiger partial charge in [0.2, 0.25) is 0 Å². The second-order valence-corrected chi connectivity index (χ2v) is 16.6. The van der Waals surface area contributed by atoms with Crippen molar-refractivity contribution in [2.45, 2.75) is 113 Å². The zero-order valence-electron chi connectivity index (χ0n) is 27.0. The molecule has 0 unspecified atom stereocenters. The van der Waals surface area contributed by atoms with Crippen LogP contribution in [-0.4, -0.2) is 0 Å². The van der Waals surface area contributed by atoms with E-state index >= 15 is 0 Å². The van der Waals surface area contributed by atoms with Crippen LogP contribution in [0.2, 0.25) is 0 Å². The minimum atomic E-state index is 0.742. The predicted octanol–water partition coefficient (Wildman–Crippen LogP) is 13.9. The molecule has 2 aliphatic rings. The van der Waals surface area contributed by atoms with Crippen molar-refractivity contribution in [1.29, 1.82) is 0 Å². The third kappa shape index (κ3) is 8.76. The quantitative estimate of drug-likeness (QED) is 0.156. The Hall–Kier alpha value is -1.81. The van der Waals surface area contributed by atoms with Crippen LogP contribution in [-0.2, 0) is 12.8 Å². The molecule has 0 aliphatic heterocycles. The van der Waals surface area contributed by atoms with E-state index in [0.29, 0.717) is 0 Å². The molecule has 45 heavy (non-hydrogen) atoms. The van der Waals surface area contributed by atoms with E-state index in [0.717, 1.165) is 45.5 Å². The molecular formula is C42H48Br2S. The van der Waals surface area contributed by atoms with Crippen LogP contribution >= 0.6 is 43.6 Å². The minimum Gasteiger partial charge on any atom is -0.0895 e. The third-order valence-corrected chi connectivity index (χ3v) is 13.0. The van der Waals surface area contributed by atoms with Gasteiger partial charge in [-0.2, -0.15) is 0 Å². The van der Waals surface area contributed by atoms with Crippen LogP contribution < -0.4 is 0 Å². The summed E-state index contributed by atoms with van der Waals surface area (Å²) in [7, 11) is 0. The van der Waals surface area contributed by atoms with E-state index in [1.165, 1.54) is 107 Å². The first-order valence-corrected chi connectivity index (χ1v) is 19.8. The molecule has 3 heteroatoms. The molecule has 0 spiro atoms. The molecule has 6 rings (SSSR count). The highest BCUT2D eigenvalue weighted by atomic mass is 79.9. The van der Waals surface area contributed by atoms with Crippen molar-refractivity contribution < 1.29 is 0 Å². The molecule has 0 aromatic heterocycles. The van der Waals surface area contributed by atoms with Crippen molar-refractivity contribution in [1.82, 2.24) is 0 Å². The molecule has 2 saturated carbocycles. The van der Waals surface area contributed by atoms with E-state index in [1.54, 1.807) is 0 Å². The van der Waals surface area contributed by atoms with E-state index < -0.39 is 0 Å². The molecule has 0 amide bonds. The Morgan fingerprint density at radius 1 is 0.511 bits per heavy atom. The van der Waals surface area contributed by atoms with Crippen molar-refractivity contribution in [2.75, 3.05) is 0 Å². The summed E-state index contributed by atoms with van der Waals surface area (Å²) in [6, 6.07) is 32.7. The lowest BCUT2D eigenvalue weighted by Gasteiger charge is -2.28. The molecule has 0 saturated heterocycles. The monoisotopic (exact) mass is 742 g/mol. The maximum absolute atomic E-state index is 3.76. The average Bonchev–Trinajstić information content (AvgIpc) is 3.08. The van der Waals surface area contributed by atoms with Gasteiger partial charge in [-0.15, -0.1) is 0 Å². The van der Waals surface area contributed by atoms with Crippen LogP contribution in [0.4, 0.5) is 0 Å². The first-order chi connectivity index (χ1) is 22.0. The van der Waals surface area contributed by atoms with Crippen molar-refractivity contribution in [2.24, 2.45) is 11.8 Å². The Kier molecular flexibility index (Phi) is 11.7. The second-order valence-electron chi connectivity index (χ2n) is 13.7. The van der Waals surface area contributed by atoms with E-state index in [4.69, 9.17) is 0 Å². The predicted molar refractivity (Wildman–Crippen MR) is 201 cm³/mol. The molecular weight excluding hydrogens is 696 g/mol. The van der Waals surface area contributed by atoms with E-state index in [9.17, 15) is 0 Å². The molecule has 4 aromatic rings. The lowest BCUT2D eigenvalue weighted by Crippen LogP contribution is -2.12. The van der Waals surface area contributed by atoms with Gasteiger partial charge < -0.3 is 0 Å². The number of halogens is 2. The van der Waals surface area contributed by atoms with Crippen LogP contribution in [0.15, 0.2) is 104 Å². The van der Waals surface area contributed by atoms with Gasteiger partial charge in [-0.3, -0.25) is 0 Å². The number of hydrogen-bond donors (Lipinski definition) is 0. The zero-order chi connectivity index (χ0) is 31.2. The lowest BCUT2D eigenvalue weighted by atomic mass is 9.78. The first-order valence-electron chi connectivity index (χ1n) is 17.4. The van der Waals surface area contributed by atoms with Crippen LogP contribution in [0.25, 0.3) is 0 Å². The molecule has 0 atom stereocenters. The minimum absolute atomic E-state index is 0.742. The van der Waals surface area contributed by atoms with Gasteiger partial charge in [0.15, 0.2) is 0 Å². The van der Waals surface area contributed by atoms with Crippen molar-refractivity contribution in [3.05, 3.63) is 127 Å². The van der Waals surface area contributed by atoms with E-state index in [1.807, 2.05) is 11.8 Å². The summed E-state index contributed by atoms with van der Waals surface area (Å²) in [4.78, 5) is 2.67. The van der Waals surface area contributed by atoms with Gasteiger partial charge in [-0.25, -0.2) is 0 Å². The second kappa shape index (κ2) is 15.9. The number of rotatable bonds is 10. The van der Waals surface area contributed by atoms with Crippen molar-refractivity contribution >= 4 is 43.6 Å². The molecule has 0 radical (unpaired) electrons. The van der Waals surface area contributed by atoms with Gasteiger partial charge >= 0.3 is 0 Å². The maximum atomic E-state index is 3.76. The Balaban J connectivity index is 1.15. The fourth-order valence-electron chi connectivity index (χ4n) is 7.75. The van der Waals surface area contributed by atoms with Crippen molar-refractivity contribution in [3.63, 3.8) is 0 Å². The summed E-state index contributed by atoms with van der Waals surface area (Å²) >= 11 is 9.44. The molecule has 0 heterocycles. The van der Waals surface area contributed by atoms with E-state index in [-0.39, 0.29) is 0 Å². The maximum Gasteiger partial charge on any atom is 0.0178 e. The lowest BCUT2D eigenvalue weighted by molar-refractivity contribution is 0.319. The summed E-state index contributed by atoms with van der Waals surface area (Å²) in [6.07, 6.45) is 15.5. The van der Waals surface area contributed by atoms with Gasteiger partial charge in [0, 0.05) is 18.7 Å². The topological polar surface area (TPSA) is 0 Å². The van der Waals surface area contributed by atoms with Gasteiger partial charge in [0.05, 0.1) is 0 Å². The van der Waals surface area contributed by atoms with Crippen LogP contribution in [0, 0.1) is 11.8 Å². The Morgan fingerprint density at radius 2 is 0.889 bits per heavy atom. The highest BCUT2D eigenvalue weighted by Gasteiger charge is 2.22. The summed E-state index contributed by atoms with van der Waals surface area (Å²) in [5, 5.41) is 0. The molecule has 0 N–H and O–H groups in total.